The van der Waals surface area contributed by atoms with E-state index < -0.39 is 17.9 Å². The number of carbonyl (C=O) groups excluding carboxylic acids is 3. The maximum Gasteiger partial charge on any atom is 0.240 e. The lowest BCUT2D eigenvalue weighted by atomic mass is 9.88. The molecule has 5 rings (SSSR count). The predicted octanol–water partition coefficient (Wildman–Crippen LogP) is 3.64. The summed E-state index contributed by atoms with van der Waals surface area (Å²) in [5.74, 6) is -1.45. The largest absolute Gasteiger partial charge is 0.497 e. The molecule has 3 aliphatic heterocycles. The summed E-state index contributed by atoms with van der Waals surface area (Å²) in [6.45, 7) is 3.27. The van der Waals surface area contributed by atoms with Crippen molar-refractivity contribution in [3.63, 3.8) is 0 Å². The number of nitrogens with zero attached hydrogens (tertiary/aromatic N) is 2. The molecule has 158 valence electrons. The topological polar surface area (TPSA) is 66.9 Å². The maximum atomic E-state index is 13.6. The quantitative estimate of drug-likeness (QED) is 0.687. The van der Waals surface area contributed by atoms with E-state index in [0.717, 1.165) is 11.3 Å². The number of halogens is 1. The van der Waals surface area contributed by atoms with Crippen molar-refractivity contribution in [1.29, 1.82) is 0 Å². The number of benzene rings is 2. The lowest BCUT2D eigenvalue weighted by Crippen LogP contribution is -2.48. The first kappa shape index (κ1) is 19.8. The molecule has 2 saturated heterocycles. The van der Waals surface area contributed by atoms with Gasteiger partial charge in [0.1, 0.15) is 11.8 Å². The molecule has 4 atom stereocenters. The third-order valence-corrected chi connectivity index (χ3v) is 7.02. The Bertz CT molecular complexity index is 1170. The second-order valence-corrected chi connectivity index (χ2v) is 8.59. The zero-order chi connectivity index (χ0) is 22.0. The second kappa shape index (κ2) is 6.95. The van der Waals surface area contributed by atoms with Crippen molar-refractivity contribution in [3.8, 4) is 5.75 Å². The summed E-state index contributed by atoms with van der Waals surface area (Å²) in [6.07, 6.45) is 3.85. The third kappa shape index (κ3) is 2.67. The number of ketones is 1. The Balaban J connectivity index is 1.62. The van der Waals surface area contributed by atoms with Crippen LogP contribution < -0.4 is 14.5 Å². The van der Waals surface area contributed by atoms with Gasteiger partial charge in [-0.15, -0.1) is 0 Å². The lowest BCUT2D eigenvalue weighted by molar-refractivity contribution is -0.126. The first-order valence-corrected chi connectivity index (χ1v) is 10.5. The molecule has 2 aromatic rings. The summed E-state index contributed by atoms with van der Waals surface area (Å²) in [7, 11) is 1.60. The van der Waals surface area contributed by atoms with Gasteiger partial charge >= 0.3 is 0 Å². The summed E-state index contributed by atoms with van der Waals surface area (Å²) < 4.78 is 5.31. The zero-order valence-corrected chi connectivity index (χ0v) is 18.1. The molecule has 3 heterocycles. The monoisotopic (exact) mass is 436 g/mol. The minimum atomic E-state index is -0.744. The molecule has 2 amide bonds. The fourth-order valence-electron chi connectivity index (χ4n) is 5.21. The van der Waals surface area contributed by atoms with Crippen LogP contribution >= 0.6 is 11.6 Å². The number of imide groups is 1. The fourth-order valence-corrected chi connectivity index (χ4v) is 5.38. The van der Waals surface area contributed by atoms with Crippen LogP contribution in [0.25, 0.3) is 6.08 Å². The summed E-state index contributed by atoms with van der Waals surface area (Å²) in [5.41, 5.74) is 2.87. The van der Waals surface area contributed by atoms with Gasteiger partial charge in [-0.2, -0.15) is 0 Å². The molecule has 0 saturated carbocycles. The number of Topliss-reactive ketones (excluding diaryl/α,β-unsaturated/α-hetero) is 1. The number of anilines is 2. The van der Waals surface area contributed by atoms with Gasteiger partial charge < -0.3 is 9.64 Å². The van der Waals surface area contributed by atoms with E-state index in [9.17, 15) is 14.4 Å². The molecule has 0 unspecified atom stereocenters. The summed E-state index contributed by atoms with van der Waals surface area (Å²) in [4.78, 5) is 43.1. The van der Waals surface area contributed by atoms with Gasteiger partial charge in [-0.1, -0.05) is 29.8 Å². The van der Waals surface area contributed by atoms with E-state index in [1.54, 1.807) is 32.2 Å². The van der Waals surface area contributed by atoms with Crippen LogP contribution in [0, 0.1) is 18.8 Å². The SMILES string of the molecule is COc1ccc2c(c1)C=C[C@@H]1[C@@H]3C(=O)N(c4cccc(Cl)c4C)C(=O)[C@H]3[C@@H](C(C)=O)N21. The van der Waals surface area contributed by atoms with Crippen LogP contribution in [0.5, 0.6) is 5.75 Å². The van der Waals surface area contributed by atoms with Crippen LogP contribution in [0.1, 0.15) is 18.1 Å². The van der Waals surface area contributed by atoms with Crippen molar-refractivity contribution in [3.05, 3.63) is 58.6 Å². The number of hydrogen-bond acceptors (Lipinski definition) is 5. The van der Waals surface area contributed by atoms with Crippen molar-refractivity contribution >= 4 is 46.6 Å². The van der Waals surface area contributed by atoms with Gasteiger partial charge in [-0.3, -0.25) is 14.4 Å². The zero-order valence-electron chi connectivity index (χ0n) is 17.3. The van der Waals surface area contributed by atoms with Crippen molar-refractivity contribution in [2.24, 2.45) is 11.8 Å². The van der Waals surface area contributed by atoms with Gasteiger partial charge in [0.05, 0.1) is 30.7 Å². The van der Waals surface area contributed by atoms with Crippen LogP contribution in [0.3, 0.4) is 0 Å². The molecule has 3 aliphatic rings. The van der Waals surface area contributed by atoms with Crippen LogP contribution in [-0.4, -0.2) is 36.8 Å². The van der Waals surface area contributed by atoms with Gasteiger partial charge in [-0.05, 0) is 49.7 Å². The molecule has 0 N–H and O–H groups in total. The molecule has 0 spiro atoms. The molecule has 2 aromatic carbocycles. The van der Waals surface area contributed by atoms with E-state index in [-0.39, 0.29) is 23.6 Å². The first-order valence-electron chi connectivity index (χ1n) is 10.1. The van der Waals surface area contributed by atoms with E-state index in [1.165, 1.54) is 11.8 Å². The highest BCUT2D eigenvalue weighted by Gasteiger charge is 2.63. The van der Waals surface area contributed by atoms with Gasteiger partial charge in [0.15, 0.2) is 5.78 Å². The minimum Gasteiger partial charge on any atom is -0.497 e. The van der Waals surface area contributed by atoms with Gasteiger partial charge in [0.2, 0.25) is 11.8 Å². The summed E-state index contributed by atoms with van der Waals surface area (Å²) in [6, 6.07) is 9.67. The van der Waals surface area contributed by atoms with E-state index in [0.29, 0.717) is 22.0 Å². The maximum absolute atomic E-state index is 13.6. The summed E-state index contributed by atoms with van der Waals surface area (Å²) in [5, 5.41) is 0.486. The van der Waals surface area contributed by atoms with Gasteiger partial charge in [-0.25, -0.2) is 4.90 Å². The van der Waals surface area contributed by atoms with E-state index in [2.05, 4.69) is 0 Å². The Morgan fingerprint density at radius 1 is 1.06 bits per heavy atom. The number of hydrogen-bond donors (Lipinski definition) is 0. The van der Waals surface area contributed by atoms with Crippen molar-refractivity contribution in [2.75, 3.05) is 16.9 Å². The Morgan fingerprint density at radius 3 is 2.52 bits per heavy atom. The molecule has 2 fully saturated rings. The number of methoxy groups -OCH3 is 1. The van der Waals surface area contributed by atoms with Gasteiger partial charge in [0, 0.05) is 16.3 Å². The first-order chi connectivity index (χ1) is 14.8. The molecule has 7 heteroatoms. The molecule has 6 nitrogen and oxygen atoms in total. The van der Waals surface area contributed by atoms with Crippen molar-refractivity contribution in [1.82, 2.24) is 0 Å². The molecule has 31 heavy (non-hydrogen) atoms. The van der Waals surface area contributed by atoms with Crippen LogP contribution in [0.15, 0.2) is 42.5 Å². The number of carbonyl (C=O) groups is 3. The average Bonchev–Trinajstić information content (AvgIpc) is 3.23. The predicted molar refractivity (Wildman–Crippen MR) is 118 cm³/mol. The number of amides is 2. The van der Waals surface area contributed by atoms with E-state index in [4.69, 9.17) is 16.3 Å². The number of fused-ring (bicyclic) bond motifs is 5. The highest BCUT2D eigenvalue weighted by molar-refractivity contribution is 6.32. The average molecular weight is 437 g/mol. The number of rotatable bonds is 3. The second-order valence-electron chi connectivity index (χ2n) is 8.18. The standard InChI is InChI=1S/C24H21ClN2O4/c1-12-16(25)5-4-6-17(12)27-23(29)20-19-9-7-14-11-15(31-3)8-10-18(14)26(19)22(13(2)28)21(20)24(27)30/h4-11,19-22H,1-3H3/t19-,20+,21-,22-/m1/s1. The summed E-state index contributed by atoms with van der Waals surface area (Å²) >= 11 is 6.25. The third-order valence-electron chi connectivity index (χ3n) is 6.61. The Morgan fingerprint density at radius 2 is 1.81 bits per heavy atom. The Labute approximate surface area is 185 Å². The van der Waals surface area contributed by atoms with Crippen LogP contribution in [-0.2, 0) is 14.4 Å². The minimum absolute atomic E-state index is 0.139. The molecular weight excluding hydrogens is 416 g/mol. The number of ether oxygens (including phenoxy) is 1. The van der Waals surface area contributed by atoms with E-state index in [1.807, 2.05) is 35.3 Å². The van der Waals surface area contributed by atoms with E-state index >= 15 is 0 Å². The highest BCUT2D eigenvalue weighted by Crippen LogP contribution is 2.50. The van der Waals surface area contributed by atoms with Crippen molar-refractivity contribution in [2.45, 2.75) is 25.9 Å². The van der Waals surface area contributed by atoms with Crippen LogP contribution in [0.4, 0.5) is 11.4 Å². The van der Waals surface area contributed by atoms with Crippen LogP contribution in [0.2, 0.25) is 5.02 Å². The molecule has 0 radical (unpaired) electrons. The van der Waals surface area contributed by atoms with Gasteiger partial charge in [0.25, 0.3) is 0 Å². The Hall–Kier alpha value is -3.12. The lowest BCUT2D eigenvalue weighted by Gasteiger charge is -2.36. The molecule has 0 aromatic heterocycles. The van der Waals surface area contributed by atoms with Crippen molar-refractivity contribution < 1.29 is 19.1 Å². The Kier molecular flexibility index (Phi) is 4.45. The highest BCUT2D eigenvalue weighted by atomic mass is 35.5. The molecule has 0 aliphatic carbocycles. The molecule has 0 bridgehead atoms. The molecular formula is C24H21ClN2O4. The fraction of sp³-hybridized carbons (Fsp3) is 0.292. The normalized spacial score (nSPS) is 26.1. The smallest absolute Gasteiger partial charge is 0.240 e.